The van der Waals surface area contributed by atoms with E-state index in [1.165, 1.54) is 5.56 Å². The first-order valence-corrected chi connectivity index (χ1v) is 7.65. The summed E-state index contributed by atoms with van der Waals surface area (Å²) in [5.74, 6) is 1.00. The molecule has 0 radical (unpaired) electrons. The summed E-state index contributed by atoms with van der Waals surface area (Å²) in [5, 5.41) is 3.39. The lowest BCUT2D eigenvalue weighted by molar-refractivity contribution is 0.125. The minimum Gasteiger partial charge on any atom is -0.468 e. The Morgan fingerprint density at radius 3 is 2.62 bits per heavy atom. The summed E-state index contributed by atoms with van der Waals surface area (Å²) in [6.45, 7) is 9.35. The molecule has 122 valence electrons. The molecule has 0 fully saturated rings. The first kappa shape index (κ1) is 18.2. The van der Waals surface area contributed by atoms with Crippen molar-refractivity contribution in [3.63, 3.8) is 0 Å². The van der Waals surface area contributed by atoms with Gasteiger partial charge in [-0.15, -0.1) is 0 Å². The molecule has 5 nitrogen and oxygen atoms in total. The second-order valence-electron chi connectivity index (χ2n) is 5.57. The number of nitrogens with zero attached hydrogens (tertiary/aromatic N) is 1. The average Bonchev–Trinajstić information content (AvgIpc) is 2.90. The number of hydrogen-bond acceptors (Lipinski definition) is 5. The monoisotopic (exact) mass is 298 g/mol. The van der Waals surface area contributed by atoms with Crippen LogP contribution in [0.15, 0.2) is 16.7 Å². The third kappa shape index (κ3) is 8.21. The standard InChI is InChI=1S/C16H30N2O3/c1-14(2)17-11-15-10-16(21-13-15)12-18(7-9-20-4)6-5-8-19-3/h10,13-14,17H,5-9,11-12H2,1-4H3. The fourth-order valence-electron chi connectivity index (χ4n) is 2.07. The summed E-state index contributed by atoms with van der Waals surface area (Å²) < 4.78 is 15.9. The number of rotatable bonds is 12. The van der Waals surface area contributed by atoms with E-state index in [0.29, 0.717) is 6.04 Å². The molecule has 5 heteroatoms. The average molecular weight is 298 g/mol. The Kier molecular flexibility index (Phi) is 9.34. The van der Waals surface area contributed by atoms with Gasteiger partial charge in [0.15, 0.2) is 0 Å². The third-order valence-electron chi connectivity index (χ3n) is 3.24. The molecule has 21 heavy (non-hydrogen) atoms. The van der Waals surface area contributed by atoms with E-state index in [1.54, 1.807) is 14.2 Å². The van der Waals surface area contributed by atoms with Crippen molar-refractivity contribution in [1.82, 2.24) is 10.2 Å². The summed E-state index contributed by atoms with van der Waals surface area (Å²) >= 11 is 0. The number of ether oxygens (including phenoxy) is 2. The van der Waals surface area contributed by atoms with E-state index in [1.807, 2.05) is 6.26 Å². The maximum atomic E-state index is 5.66. The summed E-state index contributed by atoms with van der Waals surface area (Å²) in [6.07, 6.45) is 2.86. The minimum atomic E-state index is 0.482. The number of hydrogen-bond donors (Lipinski definition) is 1. The van der Waals surface area contributed by atoms with Crippen molar-refractivity contribution in [2.45, 2.75) is 39.4 Å². The Balaban J connectivity index is 2.44. The van der Waals surface area contributed by atoms with Gasteiger partial charge in [-0.1, -0.05) is 13.8 Å². The van der Waals surface area contributed by atoms with Crippen molar-refractivity contribution < 1.29 is 13.9 Å². The van der Waals surface area contributed by atoms with Crippen molar-refractivity contribution in [2.24, 2.45) is 0 Å². The van der Waals surface area contributed by atoms with Gasteiger partial charge in [-0.05, 0) is 12.5 Å². The molecule has 1 aromatic heterocycles. The van der Waals surface area contributed by atoms with Gasteiger partial charge >= 0.3 is 0 Å². The molecule has 0 saturated heterocycles. The summed E-state index contributed by atoms with van der Waals surface area (Å²) in [6, 6.07) is 2.61. The van der Waals surface area contributed by atoms with Crippen LogP contribution in [0.25, 0.3) is 0 Å². The number of nitrogens with one attached hydrogen (secondary N) is 1. The van der Waals surface area contributed by atoms with Crippen LogP contribution in [0.2, 0.25) is 0 Å². The predicted octanol–water partition coefficient (Wildman–Crippen LogP) is 2.26. The lowest BCUT2D eigenvalue weighted by Crippen LogP contribution is -2.28. The zero-order chi connectivity index (χ0) is 15.5. The molecule has 0 aliphatic heterocycles. The van der Waals surface area contributed by atoms with Crippen LogP contribution in [0.1, 0.15) is 31.6 Å². The van der Waals surface area contributed by atoms with Crippen LogP contribution in [0.3, 0.4) is 0 Å². The molecular formula is C16H30N2O3. The van der Waals surface area contributed by atoms with Crippen molar-refractivity contribution >= 4 is 0 Å². The summed E-state index contributed by atoms with van der Waals surface area (Å²) in [4.78, 5) is 2.33. The Bertz CT molecular complexity index is 366. The van der Waals surface area contributed by atoms with Crippen molar-refractivity contribution in [3.05, 3.63) is 23.7 Å². The highest BCUT2D eigenvalue weighted by Crippen LogP contribution is 2.11. The van der Waals surface area contributed by atoms with E-state index >= 15 is 0 Å². The summed E-state index contributed by atoms with van der Waals surface area (Å²) in [5.41, 5.74) is 1.20. The van der Waals surface area contributed by atoms with Crippen LogP contribution in [0.5, 0.6) is 0 Å². The second-order valence-corrected chi connectivity index (χ2v) is 5.57. The normalized spacial score (nSPS) is 11.7. The van der Waals surface area contributed by atoms with E-state index < -0.39 is 0 Å². The fourth-order valence-corrected chi connectivity index (χ4v) is 2.07. The molecule has 0 saturated carbocycles. The van der Waals surface area contributed by atoms with Gasteiger partial charge in [0.05, 0.1) is 19.4 Å². The Hall–Kier alpha value is -0.880. The van der Waals surface area contributed by atoms with Gasteiger partial charge in [-0.25, -0.2) is 0 Å². The van der Waals surface area contributed by atoms with Crippen molar-refractivity contribution in [2.75, 3.05) is 40.5 Å². The van der Waals surface area contributed by atoms with Gasteiger partial charge in [0, 0.05) is 52.1 Å². The van der Waals surface area contributed by atoms with Crippen LogP contribution < -0.4 is 5.32 Å². The van der Waals surface area contributed by atoms with Crippen molar-refractivity contribution in [3.8, 4) is 0 Å². The summed E-state index contributed by atoms with van der Waals surface area (Å²) in [7, 11) is 3.47. The molecule has 0 unspecified atom stereocenters. The Labute approximate surface area is 128 Å². The highest BCUT2D eigenvalue weighted by Gasteiger charge is 2.09. The smallest absolute Gasteiger partial charge is 0.118 e. The fraction of sp³-hybridized carbons (Fsp3) is 0.750. The SMILES string of the molecule is COCCCN(CCOC)Cc1cc(CNC(C)C)co1. The van der Waals surface area contributed by atoms with Gasteiger partial charge in [-0.3, -0.25) is 4.90 Å². The molecule has 1 heterocycles. The zero-order valence-electron chi connectivity index (χ0n) is 13.9. The lowest BCUT2D eigenvalue weighted by atomic mass is 10.2. The molecule has 0 atom stereocenters. The van der Waals surface area contributed by atoms with E-state index in [0.717, 1.165) is 51.6 Å². The van der Waals surface area contributed by atoms with Crippen LogP contribution >= 0.6 is 0 Å². The van der Waals surface area contributed by atoms with Crippen LogP contribution in [-0.2, 0) is 22.6 Å². The quantitative estimate of drug-likeness (QED) is 0.600. The Morgan fingerprint density at radius 2 is 1.95 bits per heavy atom. The van der Waals surface area contributed by atoms with Crippen LogP contribution in [0.4, 0.5) is 0 Å². The maximum Gasteiger partial charge on any atom is 0.118 e. The molecule has 0 amide bonds. The minimum absolute atomic E-state index is 0.482. The second kappa shape index (κ2) is 10.8. The topological polar surface area (TPSA) is 46.9 Å². The zero-order valence-corrected chi connectivity index (χ0v) is 13.9. The highest BCUT2D eigenvalue weighted by atomic mass is 16.5. The van der Waals surface area contributed by atoms with Gasteiger partial charge in [0.25, 0.3) is 0 Å². The van der Waals surface area contributed by atoms with E-state index in [2.05, 4.69) is 30.1 Å². The molecule has 0 aliphatic rings. The molecule has 0 bridgehead atoms. The molecule has 0 spiro atoms. The Morgan fingerprint density at radius 1 is 1.19 bits per heavy atom. The van der Waals surface area contributed by atoms with E-state index in [9.17, 15) is 0 Å². The van der Waals surface area contributed by atoms with Crippen LogP contribution in [0, 0.1) is 0 Å². The molecule has 1 aromatic rings. The van der Waals surface area contributed by atoms with Gasteiger partial charge in [0.1, 0.15) is 5.76 Å². The van der Waals surface area contributed by atoms with Gasteiger partial charge in [0.2, 0.25) is 0 Å². The third-order valence-corrected chi connectivity index (χ3v) is 3.24. The lowest BCUT2D eigenvalue weighted by Gasteiger charge is -2.20. The van der Waals surface area contributed by atoms with Crippen molar-refractivity contribution in [1.29, 1.82) is 0 Å². The molecule has 1 N–H and O–H groups in total. The van der Waals surface area contributed by atoms with Gasteiger partial charge < -0.3 is 19.2 Å². The maximum absolute atomic E-state index is 5.66. The predicted molar refractivity (Wildman–Crippen MR) is 84.3 cm³/mol. The molecule has 0 aromatic carbocycles. The number of methoxy groups -OCH3 is 2. The molecule has 0 aliphatic carbocycles. The van der Waals surface area contributed by atoms with E-state index in [4.69, 9.17) is 13.9 Å². The largest absolute Gasteiger partial charge is 0.468 e. The van der Waals surface area contributed by atoms with Crippen LogP contribution in [-0.4, -0.2) is 51.5 Å². The first-order valence-electron chi connectivity index (χ1n) is 7.65. The highest BCUT2D eigenvalue weighted by molar-refractivity contribution is 5.12. The van der Waals surface area contributed by atoms with E-state index in [-0.39, 0.29) is 0 Å². The first-order chi connectivity index (χ1) is 10.2. The number of furan rings is 1. The molecule has 1 rings (SSSR count). The van der Waals surface area contributed by atoms with Gasteiger partial charge in [-0.2, -0.15) is 0 Å². The molecular weight excluding hydrogens is 268 g/mol.